The zero-order chi connectivity index (χ0) is 48.4. The first kappa shape index (κ1) is 52.5. The average molecular weight is 946 g/mol. The van der Waals surface area contributed by atoms with Crippen molar-refractivity contribution in [2.24, 2.45) is 0 Å². The Hall–Kier alpha value is -4.49. The molecule has 16 atom stereocenters. The first-order chi connectivity index (χ1) is 31.4. The number of carbonyl (C=O) groups is 4. The molecule has 0 bridgehead atoms. The fourth-order valence-corrected chi connectivity index (χ4v) is 7.78. The second-order valence-corrected chi connectivity index (χ2v) is 16.5. The van der Waals surface area contributed by atoms with Crippen LogP contribution in [0.2, 0.25) is 0 Å². The Kier molecular flexibility index (Phi) is 19.1. The molecule has 372 valence electrons. The highest BCUT2D eigenvalue weighted by atomic mass is 16.7. The van der Waals surface area contributed by atoms with E-state index in [4.69, 9.17) is 29.4 Å². The molecule has 2 aromatic rings. The van der Waals surface area contributed by atoms with Gasteiger partial charge in [0, 0.05) is 20.0 Å². The zero-order valence-electron chi connectivity index (χ0n) is 36.7. The number of aliphatic hydroxyl groups excluding tert-OH is 8. The number of anilines is 1. The number of H-pyrrole nitrogens is 1. The van der Waals surface area contributed by atoms with Gasteiger partial charge in [-0.3, -0.25) is 33.5 Å². The molecule has 15 N–H and O–H groups in total. The van der Waals surface area contributed by atoms with E-state index in [9.17, 15) is 64.8 Å². The number of fused-ring (bicyclic) bond motifs is 1. The van der Waals surface area contributed by atoms with Gasteiger partial charge in [0.15, 0.2) is 30.0 Å². The minimum Gasteiger partial charge on any atom is -0.394 e. The van der Waals surface area contributed by atoms with E-state index in [1.807, 2.05) is 6.92 Å². The number of ether oxygens (including phenoxy) is 5. The summed E-state index contributed by atoms with van der Waals surface area (Å²) in [4.78, 5) is 74.9. The van der Waals surface area contributed by atoms with Crippen molar-refractivity contribution >= 4 is 40.7 Å². The molecule has 0 saturated carbocycles. The third-order valence-electron chi connectivity index (χ3n) is 11.5. The van der Waals surface area contributed by atoms with Crippen LogP contribution in [0, 0.1) is 0 Å². The van der Waals surface area contributed by atoms with Gasteiger partial charge in [0.1, 0.15) is 79.7 Å². The fraction of sp³-hybridized carbons (Fsp3) is 0.769. The van der Waals surface area contributed by atoms with Crippen LogP contribution in [0.4, 0.5) is 5.95 Å². The number of nitrogens with zero attached hydrogens (tertiary/aromatic N) is 3. The number of imidazole rings is 1. The van der Waals surface area contributed by atoms with E-state index in [1.54, 1.807) is 0 Å². The van der Waals surface area contributed by atoms with Gasteiger partial charge < -0.3 is 91.5 Å². The van der Waals surface area contributed by atoms with E-state index in [-0.39, 0.29) is 55.9 Å². The Morgan fingerprint density at radius 3 is 2.27 bits per heavy atom. The SMILES string of the molecule is CCCCCC(O[C@@H]1O[C@H](CO)[C@@H](O)[C@H](O)[C@H]1NC(C)=O)C(=O)NCCCC[C@H](NC(=O)CO[C@H]1O[C@@H](C)[C@@H](O)[C@@H](O)[C@@H]1O)C(=O)NC[C@H]1O[C@@H](n2cnc3c(=O)[nH]c(N)nc32)[C@H](O)[C@@H]1O. The number of aliphatic hydroxyl groups is 8. The predicted octanol–water partition coefficient (Wildman–Crippen LogP) is -6.04. The van der Waals surface area contributed by atoms with Crippen LogP contribution in [0.15, 0.2) is 11.1 Å². The highest BCUT2D eigenvalue weighted by Crippen LogP contribution is 2.31. The predicted molar refractivity (Wildman–Crippen MR) is 223 cm³/mol. The number of aromatic amines is 1. The summed E-state index contributed by atoms with van der Waals surface area (Å²) in [6, 6.07) is -2.54. The summed E-state index contributed by atoms with van der Waals surface area (Å²) in [6.45, 7) is 2.82. The normalized spacial score (nSPS) is 32.1. The number of nitrogen functional groups attached to an aromatic ring is 1. The Morgan fingerprint density at radius 1 is 0.864 bits per heavy atom. The van der Waals surface area contributed by atoms with Crippen molar-refractivity contribution in [2.75, 3.05) is 32.0 Å². The Balaban J connectivity index is 1.21. The zero-order valence-corrected chi connectivity index (χ0v) is 36.7. The average Bonchev–Trinajstić information content (AvgIpc) is 3.82. The van der Waals surface area contributed by atoms with Crippen LogP contribution in [-0.2, 0) is 42.9 Å². The van der Waals surface area contributed by atoms with Crippen molar-refractivity contribution in [1.29, 1.82) is 0 Å². The number of nitrogens with two attached hydrogens (primary N) is 1. The van der Waals surface area contributed by atoms with Gasteiger partial charge in [0.25, 0.3) is 5.56 Å². The van der Waals surface area contributed by atoms with Crippen LogP contribution in [0.25, 0.3) is 11.2 Å². The summed E-state index contributed by atoms with van der Waals surface area (Å²) in [5, 5.41) is 93.4. The molecule has 3 fully saturated rings. The van der Waals surface area contributed by atoms with Crippen molar-refractivity contribution < 1.29 is 83.7 Å². The summed E-state index contributed by atoms with van der Waals surface area (Å²) in [5.74, 6) is -2.97. The summed E-state index contributed by atoms with van der Waals surface area (Å²) < 4.78 is 29.5. The van der Waals surface area contributed by atoms with Crippen LogP contribution >= 0.6 is 0 Å². The molecule has 0 aromatic carbocycles. The van der Waals surface area contributed by atoms with Gasteiger partial charge >= 0.3 is 0 Å². The van der Waals surface area contributed by atoms with Gasteiger partial charge in [-0.2, -0.15) is 4.98 Å². The molecule has 5 heterocycles. The Bertz CT molecular complexity index is 1990. The quantitative estimate of drug-likeness (QED) is 0.0489. The van der Waals surface area contributed by atoms with Crippen LogP contribution < -0.4 is 32.6 Å². The van der Waals surface area contributed by atoms with Crippen molar-refractivity contribution in [3.63, 3.8) is 0 Å². The van der Waals surface area contributed by atoms with Crippen molar-refractivity contribution in [3.8, 4) is 0 Å². The van der Waals surface area contributed by atoms with E-state index < -0.39 is 140 Å². The molecule has 66 heavy (non-hydrogen) atoms. The summed E-state index contributed by atoms with van der Waals surface area (Å²) >= 11 is 0. The molecule has 0 radical (unpaired) electrons. The van der Waals surface area contributed by atoms with Crippen LogP contribution in [-0.4, -0.2) is 202 Å². The maximum atomic E-state index is 13.7. The minimum atomic E-state index is -1.70. The summed E-state index contributed by atoms with van der Waals surface area (Å²) in [6.07, 6.45) is -15.8. The van der Waals surface area contributed by atoms with Gasteiger partial charge in [-0.25, -0.2) is 4.98 Å². The molecule has 0 spiro atoms. The minimum absolute atomic E-state index is 0.0204. The third kappa shape index (κ3) is 12.9. The number of aromatic nitrogens is 4. The summed E-state index contributed by atoms with van der Waals surface area (Å²) in [7, 11) is 0. The van der Waals surface area contributed by atoms with E-state index in [0.29, 0.717) is 6.42 Å². The van der Waals surface area contributed by atoms with Gasteiger partial charge in [-0.15, -0.1) is 0 Å². The number of hydrogen-bond acceptors (Lipinski definition) is 21. The molecular formula is C39H63N9O18. The summed E-state index contributed by atoms with van der Waals surface area (Å²) in [5.41, 5.74) is 4.90. The lowest BCUT2D eigenvalue weighted by molar-refractivity contribution is -0.291. The molecule has 2 aromatic heterocycles. The molecule has 0 aliphatic carbocycles. The van der Waals surface area contributed by atoms with Crippen LogP contribution in [0.1, 0.15) is 71.9 Å². The number of amides is 4. The van der Waals surface area contributed by atoms with Crippen LogP contribution in [0.5, 0.6) is 0 Å². The van der Waals surface area contributed by atoms with Gasteiger partial charge in [-0.05, 0) is 32.6 Å². The second-order valence-electron chi connectivity index (χ2n) is 16.5. The molecular weight excluding hydrogens is 882 g/mol. The third-order valence-corrected chi connectivity index (χ3v) is 11.5. The number of carbonyl (C=O) groups excluding carboxylic acids is 4. The van der Waals surface area contributed by atoms with Gasteiger partial charge in [0.2, 0.25) is 29.6 Å². The largest absolute Gasteiger partial charge is 0.394 e. The monoisotopic (exact) mass is 945 g/mol. The number of unbranched alkanes of at least 4 members (excludes halogenated alkanes) is 3. The lowest BCUT2D eigenvalue weighted by Crippen LogP contribution is -2.65. The van der Waals surface area contributed by atoms with Crippen molar-refractivity contribution in [2.45, 2.75) is 164 Å². The molecule has 3 saturated heterocycles. The maximum Gasteiger partial charge on any atom is 0.280 e. The second kappa shape index (κ2) is 24.0. The first-order valence-corrected chi connectivity index (χ1v) is 21.8. The van der Waals surface area contributed by atoms with E-state index in [0.717, 1.165) is 12.8 Å². The lowest BCUT2D eigenvalue weighted by atomic mass is 9.96. The molecule has 5 rings (SSSR count). The van der Waals surface area contributed by atoms with Gasteiger partial charge in [-0.1, -0.05) is 26.2 Å². The highest BCUT2D eigenvalue weighted by molar-refractivity contribution is 5.88. The first-order valence-electron chi connectivity index (χ1n) is 21.8. The topological polar surface area (TPSA) is 414 Å². The smallest absolute Gasteiger partial charge is 0.280 e. The van der Waals surface area contributed by atoms with E-state index in [1.165, 1.54) is 24.7 Å². The van der Waals surface area contributed by atoms with E-state index in [2.05, 4.69) is 36.2 Å². The van der Waals surface area contributed by atoms with Gasteiger partial charge in [0.05, 0.1) is 19.0 Å². The van der Waals surface area contributed by atoms with E-state index >= 15 is 0 Å². The molecule has 3 aliphatic rings. The molecule has 27 nitrogen and oxygen atoms in total. The Morgan fingerprint density at radius 2 is 1.58 bits per heavy atom. The molecule has 1 unspecified atom stereocenters. The molecule has 4 amide bonds. The van der Waals surface area contributed by atoms with Crippen molar-refractivity contribution in [3.05, 3.63) is 16.7 Å². The number of hydrogen-bond donors (Lipinski definition) is 14. The molecule has 27 heteroatoms. The number of nitrogens with one attached hydrogen (secondary N) is 5. The standard InChI is InChI=1S/C39H63N9O18/c1-4-5-6-10-19(65-37-23(44-17(3)50)28(55)27(54)21(13-49)66-37)34(60)41-11-8-7-9-18(45-22(51)14-62-38-31(58)29(56)25(52)16(2)63-38)33(59)42-12-20-26(53)30(57)36(64-20)48-15-43-24-32(48)46-39(40)47-35(24)61/h15-16,18-21,23,25-31,36-38,49,52-58H,4-14H2,1-3H3,(H,41,60)(H,42,59)(H,44,50)(H,45,51)(H3,40,46,47,61)/t16-,18-,19?,20+,21+,23+,25+,26+,27+,28+,29+,30+,31-,36+,37+,38-/m0/s1. The number of rotatable bonds is 22. The Labute approximate surface area is 377 Å². The van der Waals surface area contributed by atoms with Crippen molar-refractivity contribution in [1.82, 2.24) is 40.8 Å². The highest BCUT2D eigenvalue weighted by Gasteiger charge is 2.48. The lowest BCUT2D eigenvalue weighted by Gasteiger charge is -2.43. The fourth-order valence-electron chi connectivity index (χ4n) is 7.78. The van der Waals surface area contributed by atoms with Crippen LogP contribution in [0.3, 0.4) is 0 Å². The maximum absolute atomic E-state index is 13.7. The molecule has 3 aliphatic heterocycles.